The van der Waals surface area contributed by atoms with Gasteiger partial charge in [0.2, 0.25) is 0 Å². The molecule has 2 N–H and O–H groups in total. The van der Waals surface area contributed by atoms with Crippen LogP contribution in [0.1, 0.15) is 25.7 Å². The lowest BCUT2D eigenvalue weighted by molar-refractivity contribution is 0.141. The summed E-state index contributed by atoms with van der Waals surface area (Å²) in [6.45, 7) is 1.30. The molecule has 0 spiro atoms. The zero-order valence-corrected chi connectivity index (χ0v) is 9.60. The van der Waals surface area contributed by atoms with Gasteiger partial charge in [-0.25, -0.2) is 0 Å². The molecule has 2 rings (SSSR count). The molecule has 0 saturated heterocycles. The van der Waals surface area contributed by atoms with E-state index in [0.29, 0.717) is 18.4 Å². The van der Waals surface area contributed by atoms with Crippen LogP contribution in [0.15, 0.2) is 24.5 Å². The summed E-state index contributed by atoms with van der Waals surface area (Å²) in [5.74, 6) is 1.11. The van der Waals surface area contributed by atoms with Gasteiger partial charge < -0.3 is 10.4 Å². The Hall–Kier alpha value is -1.09. The molecule has 88 valence electrons. The quantitative estimate of drug-likeness (QED) is 0.818. The van der Waals surface area contributed by atoms with Gasteiger partial charge in [0.25, 0.3) is 0 Å². The van der Waals surface area contributed by atoms with Crippen LogP contribution in [0.4, 0.5) is 5.69 Å². The van der Waals surface area contributed by atoms with Crippen LogP contribution in [0, 0.1) is 11.8 Å². The molecule has 2 unspecified atom stereocenters. The normalized spacial score (nSPS) is 25.3. The van der Waals surface area contributed by atoms with Crippen LogP contribution in [0.5, 0.6) is 0 Å². The molecule has 0 bridgehead atoms. The van der Waals surface area contributed by atoms with Crippen molar-refractivity contribution in [1.82, 2.24) is 4.98 Å². The van der Waals surface area contributed by atoms with Gasteiger partial charge in [-0.1, -0.05) is 12.8 Å². The number of anilines is 1. The zero-order chi connectivity index (χ0) is 11.2. The summed E-state index contributed by atoms with van der Waals surface area (Å²) < 4.78 is 0. The molecule has 1 aliphatic rings. The number of aliphatic hydroxyl groups excluding tert-OH is 1. The maximum atomic E-state index is 9.32. The number of pyridine rings is 1. The van der Waals surface area contributed by atoms with E-state index in [1.807, 2.05) is 12.1 Å². The van der Waals surface area contributed by atoms with Gasteiger partial charge in [0.15, 0.2) is 0 Å². The van der Waals surface area contributed by atoms with Gasteiger partial charge in [-0.2, -0.15) is 0 Å². The molecule has 0 aliphatic heterocycles. The maximum Gasteiger partial charge on any atom is 0.0462 e. The molecule has 3 heteroatoms. The first-order valence-electron chi connectivity index (χ1n) is 6.15. The van der Waals surface area contributed by atoms with Crippen molar-refractivity contribution < 1.29 is 5.11 Å². The van der Waals surface area contributed by atoms with Crippen molar-refractivity contribution >= 4 is 5.69 Å². The van der Waals surface area contributed by atoms with Gasteiger partial charge in [-0.15, -0.1) is 0 Å². The fourth-order valence-corrected chi connectivity index (χ4v) is 2.51. The number of aromatic nitrogens is 1. The van der Waals surface area contributed by atoms with E-state index in [-0.39, 0.29) is 0 Å². The Morgan fingerprint density at radius 3 is 2.56 bits per heavy atom. The SMILES string of the molecule is OCC1CCCCC1CNc1ccncc1. The first-order valence-corrected chi connectivity index (χ1v) is 6.15. The van der Waals surface area contributed by atoms with Crippen LogP contribution in [0.2, 0.25) is 0 Å². The lowest BCUT2D eigenvalue weighted by Gasteiger charge is -2.30. The van der Waals surface area contributed by atoms with E-state index in [1.54, 1.807) is 12.4 Å². The Morgan fingerprint density at radius 1 is 1.19 bits per heavy atom. The smallest absolute Gasteiger partial charge is 0.0462 e. The standard InChI is InChI=1S/C13H20N2O/c16-10-12-4-2-1-3-11(12)9-15-13-5-7-14-8-6-13/h5-8,11-12,16H,1-4,9-10H2,(H,14,15). The average molecular weight is 220 g/mol. The molecular weight excluding hydrogens is 200 g/mol. The number of hydrogen-bond donors (Lipinski definition) is 2. The van der Waals surface area contributed by atoms with E-state index in [9.17, 15) is 5.11 Å². The highest BCUT2D eigenvalue weighted by Gasteiger charge is 2.23. The summed E-state index contributed by atoms with van der Waals surface area (Å²) in [6, 6.07) is 3.97. The van der Waals surface area contributed by atoms with E-state index >= 15 is 0 Å². The molecule has 1 heterocycles. The minimum Gasteiger partial charge on any atom is -0.396 e. The van der Waals surface area contributed by atoms with Crippen molar-refractivity contribution in [3.63, 3.8) is 0 Å². The Kier molecular flexibility index (Phi) is 4.17. The van der Waals surface area contributed by atoms with Crippen LogP contribution >= 0.6 is 0 Å². The van der Waals surface area contributed by atoms with E-state index < -0.39 is 0 Å². The number of rotatable bonds is 4. The third kappa shape index (κ3) is 2.95. The third-order valence-electron chi connectivity index (χ3n) is 3.55. The molecule has 1 aromatic heterocycles. The second kappa shape index (κ2) is 5.85. The summed E-state index contributed by atoms with van der Waals surface area (Å²) in [5.41, 5.74) is 1.12. The zero-order valence-electron chi connectivity index (χ0n) is 9.60. The molecule has 1 fully saturated rings. The molecule has 0 amide bonds. The van der Waals surface area contributed by atoms with Crippen LogP contribution in [0.3, 0.4) is 0 Å². The Balaban J connectivity index is 1.84. The average Bonchev–Trinajstić information content (AvgIpc) is 2.38. The molecule has 1 saturated carbocycles. The summed E-state index contributed by atoms with van der Waals surface area (Å²) in [4.78, 5) is 3.99. The van der Waals surface area contributed by atoms with Gasteiger partial charge in [0.05, 0.1) is 0 Å². The molecule has 0 aromatic carbocycles. The summed E-state index contributed by atoms with van der Waals surface area (Å²) in [6.07, 6.45) is 8.60. The van der Waals surface area contributed by atoms with Crippen LogP contribution < -0.4 is 5.32 Å². The summed E-state index contributed by atoms with van der Waals surface area (Å²) in [7, 11) is 0. The van der Waals surface area contributed by atoms with Crippen LogP contribution in [-0.2, 0) is 0 Å². The van der Waals surface area contributed by atoms with E-state index in [2.05, 4.69) is 10.3 Å². The highest BCUT2D eigenvalue weighted by Crippen LogP contribution is 2.29. The fourth-order valence-electron chi connectivity index (χ4n) is 2.51. The summed E-state index contributed by atoms with van der Waals surface area (Å²) >= 11 is 0. The number of nitrogens with zero attached hydrogens (tertiary/aromatic N) is 1. The first kappa shape index (κ1) is 11.4. The number of aliphatic hydroxyl groups is 1. The largest absolute Gasteiger partial charge is 0.396 e. The lowest BCUT2D eigenvalue weighted by atomic mass is 9.79. The molecule has 1 aliphatic carbocycles. The highest BCUT2D eigenvalue weighted by atomic mass is 16.3. The fraction of sp³-hybridized carbons (Fsp3) is 0.615. The lowest BCUT2D eigenvalue weighted by Crippen LogP contribution is -2.28. The molecule has 16 heavy (non-hydrogen) atoms. The second-order valence-corrected chi connectivity index (χ2v) is 4.60. The minimum absolute atomic E-state index is 0.336. The molecule has 1 aromatic rings. The van der Waals surface area contributed by atoms with Crippen molar-refractivity contribution in [3.8, 4) is 0 Å². The summed E-state index contributed by atoms with van der Waals surface area (Å²) in [5, 5.41) is 12.7. The molecule has 0 radical (unpaired) electrons. The van der Waals surface area contributed by atoms with E-state index in [0.717, 1.165) is 12.2 Å². The molecular formula is C13H20N2O. The Labute approximate surface area is 96.9 Å². The van der Waals surface area contributed by atoms with Crippen molar-refractivity contribution in [2.75, 3.05) is 18.5 Å². The molecule has 2 atom stereocenters. The number of hydrogen-bond acceptors (Lipinski definition) is 3. The Morgan fingerprint density at radius 2 is 1.88 bits per heavy atom. The number of nitrogens with one attached hydrogen (secondary N) is 1. The third-order valence-corrected chi connectivity index (χ3v) is 3.55. The van der Waals surface area contributed by atoms with Gasteiger partial charge in [0.1, 0.15) is 0 Å². The van der Waals surface area contributed by atoms with E-state index in [1.165, 1.54) is 25.7 Å². The van der Waals surface area contributed by atoms with Gasteiger partial charge >= 0.3 is 0 Å². The van der Waals surface area contributed by atoms with Crippen LogP contribution in [0.25, 0.3) is 0 Å². The van der Waals surface area contributed by atoms with E-state index in [4.69, 9.17) is 0 Å². The minimum atomic E-state index is 0.336. The van der Waals surface area contributed by atoms with Crippen molar-refractivity contribution in [3.05, 3.63) is 24.5 Å². The van der Waals surface area contributed by atoms with Crippen molar-refractivity contribution in [1.29, 1.82) is 0 Å². The monoisotopic (exact) mass is 220 g/mol. The van der Waals surface area contributed by atoms with Gasteiger partial charge in [0, 0.05) is 31.2 Å². The predicted molar refractivity (Wildman–Crippen MR) is 65.3 cm³/mol. The van der Waals surface area contributed by atoms with Crippen molar-refractivity contribution in [2.45, 2.75) is 25.7 Å². The molecule has 3 nitrogen and oxygen atoms in total. The van der Waals surface area contributed by atoms with Gasteiger partial charge in [-0.05, 0) is 36.8 Å². The second-order valence-electron chi connectivity index (χ2n) is 4.60. The Bertz CT molecular complexity index is 302. The van der Waals surface area contributed by atoms with Gasteiger partial charge in [-0.3, -0.25) is 4.98 Å². The van der Waals surface area contributed by atoms with Crippen molar-refractivity contribution in [2.24, 2.45) is 11.8 Å². The first-order chi connectivity index (χ1) is 7.90. The maximum absolute atomic E-state index is 9.32. The topological polar surface area (TPSA) is 45.1 Å². The predicted octanol–water partition coefficient (Wildman–Crippen LogP) is 2.29. The highest BCUT2D eigenvalue weighted by molar-refractivity contribution is 5.40. The van der Waals surface area contributed by atoms with Crippen LogP contribution in [-0.4, -0.2) is 23.2 Å².